The zero-order valence-electron chi connectivity index (χ0n) is 14.2. The number of amides is 1. The number of aromatic amines is 1. The molecule has 0 fully saturated rings. The van der Waals surface area contributed by atoms with Crippen molar-refractivity contribution in [1.82, 2.24) is 20.1 Å². The van der Waals surface area contributed by atoms with Crippen LogP contribution in [0.1, 0.15) is 33.2 Å². The van der Waals surface area contributed by atoms with E-state index in [0.29, 0.717) is 6.54 Å². The predicted molar refractivity (Wildman–Crippen MR) is 95.4 cm³/mol. The lowest BCUT2D eigenvalue weighted by Gasteiger charge is -2.19. The summed E-state index contributed by atoms with van der Waals surface area (Å²) in [6, 6.07) is 12.8. The van der Waals surface area contributed by atoms with Gasteiger partial charge in [0.05, 0.1) is 12.6 Å². The summed E-state index contributed by atoms with van der Waals surface area (Å²) < 4.78 is 1.75. The highest BCUT2D eigenvalue weighted by molar-refractivity contribution is 5.94. The van der Waals surface area contributed by atoms with Crippen LogP contribution in [-0.4, -0.2) is 20.7 Å². The maximum Gasteiger partial charge on any atom is 0.261 e. The van der Waals surface area contributed by atoms with E-state index in [-0.39, 0.29) is 17.2 Å². The van der Waals surface area contributed by atoms with Crippen LogP contribution in [0.4, 0.5) is 0 Å². The van der Waals surface area contributed by atoms with Crippen LogP contribution in [0.5, 0.6) is 0 Å². The van der Waals surface area contributed by atoms with Crippen molar-refractivity contribution in [3.05, 3.63) is 87.6 Å². The molecule has 128 valence electrons. The monoisotopic (exact) mass is 336 g/mol. The van der Waals surface area contributed by atoms with Gasteiger partial charge in [0, 0.05) is 18.1 Å². The molecule has 0 aliphatic heterocycles. The molecule has 1 amide bonds. The smallest absolute Gasteiger partial charge is 0.261 e. The number of hydrogen-bond donors (Lipinski definition) is 2. The van der Waals surface area contributed by atoms with Crippen LogP contribution in [0.25, 0.3) is 0 Å². The summed E-state index contributed by atoms with van der Waals surface area (Å²) in [6.45, 7) is 4.15. The lowest BCUT2D eigenvalue weighted by Crippen LogP contribution is -2.35. The Morgan fingerprint density at radius 1 is 1.24 bits per heavy atom. The summed E-state index contributed by atoms with van der Waals surface area (Å²) in [5, 5.41) is 7.16. The summed E-state index contributed by atoms with van der Waals surface area (Å²) in [7, 11) is 0. The number of rotatable bonds is 5. The number of hydrogen-bond acceptors (Lipinski definition) is 3. The maximum atomic E-state index is 12.7. The van der Waals surface area contributed by atoms with E-state index < -0.39 is 5.91 Å². The van der Waals surface area contributed by atoms with Crippen molar-refractivity contribution in [1.29, 1.82) is 0 Å². The molecular formula is C19H20N4O2. The Kier molecular flexibility index (Phi) is 4.79. The van der Waals surface area contributed by atoms with Gasteiger partial charge in [-0.25, -0.2) is 0 Å². The molecular weight excluding hydrogens is 316 g/mol. The quantitative estimate of drug-likeness (QED) is 0.750. The second-order valence-corrected chi connectivity index (χ2v) is 5.98. The molecule has 2 aromatic heterocycles. The number of carbonyl (C=O) groups excluding carboxylic acids is 1. The number of H-pyrrole nitrogens is 1. The number of nitrogens with one attached hydrogen (secondary N) is 2. The second-order valence-electron chi connectivity index (χ2n) is 5.98. The standard InChI is InChI=1S/C19H20N4O2/c1-13-11-16(18(24)21-14(13)2)19(25)22-17(12-23-10-6-9-20-23)15-7-4-3-5-8-15/h3-11,17H,12H2,1-2H3,(H,21,24)(H,22,25)/t17-/m0/s1. The third-order valence-corrected chi connectivity index (χ3v) is 4.18. The van der Waals surface area contributed by atoms with Crippen LogP contribution in [0.3, 0.4) is 0 Å². The molecule has 6 heteroatoms. The molecule has 1 atom stereocenters. The average Bonchev–Trinajstić information content (AvgIpc) is 3.11. The molecule has 3 aromatic rings. The first-order valence-corrected chi connectivity index (χ1v) is 8.08. The van der Waals surface area contributed by atoms with Crippen molar-refractivity contribution in [2.45, 2.75) is 26.4 Å². The molecule has 2 heterocycles. The van der Waals surface area contributed by atoms with Crippen LogP contribution in [0.2, 0.25) is 0 Å². The largest absolute Gasteiger partial charge is 0.343 e. The van der Waals surface area contributed by atoms with Gasteiger partial charge in [0.25, 0.3) is 11.5 Å². The van der Waals surface area contributed by atoms with Gasteiger partial charge in [0.2, 0.25) is 0 Å². The van der Waals surface area contributed by atoms with Crippen LogP contribution < -0.4 is 10.9 Å². The van der Waals surface area contributed by atoms with Crippen molar-refractivity contribution in [2.75, 3.05) is 0 Å². The lowest BCUT2D eigenvalue weighted by atomic mass is 10.1. The number of aromatic nitrogens is 3. The Balaban J connectivity index is 1.88. The minimum absolute atomic E-state index is 0.115. The SMILES string of the molecule is Cc1cc(C(=O)N[C@@H](Cn2cccn2)c2ccccc2)c(=O)[nH]c1C. The maximum absolute atomic E-state index is 12.7. The molecule has 0 bridgehead atoms. The Morgan fingerprint density at radius 2 is 2.00 bits per heavy atom. The van der Waals surface area contributed by atoms with Gasteiger partial charge >= 0.3 is 0 Å². The van der Waals surface area contributed by atoms with E-state index in [9.17, 15) is 9.59 Å². The van der Waals surface area contributed by atoms with Gasteiger partial charge in [-0.3, -0.25) is 14.3 Å². The van der Waals surface area contributed by atoms with E-state index in [1.54, 1.807) is 16.9 Å². The highest BCUT2D eigenvalue weighted by Gasteiger charge is 2.19. The third-order valence-electron chi connectivity index (χ3n) is 4.18. The van der Waals surface area contributed by atoms with E-state index in [1.807, 2.05) is 56.4 Å². The molecule has 0 aliphatic carbocycles. The first kappa shape index (κ1) is 16.7. The summed E-state index contributed by atoms with van der Waals surface area (Å²) in [5.41, 5.74) is 2.31. The Hall–Kier alpha value is -3.15. The summed E-state index contributed by atoms with van der Waals surface area (Å²) >= 11 is 0. The molecule has 0 spiro atoms. The van der Waals surface area contributed by atoms with Gasteiger partial charge in [-0.2, -0.15) is 5.10 Å². The molecule has 1 aromatic carbocycles. The van der Waals surface area contributed by atoms with Gasteiger partial charge in [-0.05, 0) is 37.1 Å². The topological polar surface area (TPSA) is 79.8 Å². The fourth-order valence-electron chi connectivity index (χ4n) is 2.65. The number of benzene rings is 1. The normalized spacial score (nSPS) is 11.9. The molecule has 2 N–H and O–H groups in total. The fraction of sp³-hybridized carbons (Fsp3) is 0.211. The van der Waals surface area contributed by atoms with E-state index >= 15 is 0 Å². The minimum atomic E-state index is -0.398. The van der Waals surface area contributed by atoms with Crippen molar-refractivity contribution in [3.63, 3.8) is 0 Å². The lowest BCUT2D eigenvalue weighted by molar-refractivity contribution is 0.0930. The van der Waals surface area contributed by atoms with Gasteiger partial charge < -0.3 is 10.3 Å². The highest BCUT2D eigenvalue weighted by atomic mass is 16.2. The Bertz CT molecular complexity index is 914. The molecule has 0 saturated carbocycles. The Labute approximate surface area is 145 Å². The average molecular weight is 336 g/mol. The number of carbonyl (C=O) groups is 1. The molecule has 3 rings (SSSR count). The molecule has 6 nitrogen and oxygen atoms in total. The van der Waals surface area contributed by atoms with E-state index in [0.717, 1.165) is 16.8 Å². The van der Waals surface area contributed by atoms with Crippen LogP contribution in [0, 0.1) is 13.8 Å². The second kappa shape index (κ2) is 7.17. The third kappa shape index (κ3) is 3.85. The zero-order chi connectivity index (χ0) is 17.8. The minimum Gasteiger partial charge on any atom is -0.343 e. The molecule has 0 saturated heterocycles. The highest BCUT2D eigenvalue weighted by Crippen LogP contribution is 2.15. The van der Waals surface area contributed by atoms with Gasteiger partial charge in [-0.1, -0.05) is 30.3 Å². The van der Waals surface area contributed by atoms with Crippen molar-refractivity contribution < 1.29 is 4.79 Å². The van der Waals surface area contributed by atoms with Crippen molar-refractivity contribution in [3.8, 4) is 0 Å². The van der Waals surface area contributed by atoms with Crippen LogP contribution in [0.15, 0.2) is 59.7 Å². The number of nitrogens with zero attached hydrogens (tertiary/aromatic N) is 2. The fourth-order valence-corrected chi connectivity index (χ4v) is 2.65. The molecule has 0 aliphatic rings. The first-order chi connectivity index (χ1) is 12.0. The van der Waals surface area contributed by atoms with E-state index in [2.05, 4.69) is 15.4 Å². The first-order valence-electron chi connectivity index (χ1n) is 8.08. The van der Waals surface area contributed by atoms with Gasteiger partial charge in [0.15, 0.2) is 0 Å². The van der Waals surface area contributed by atoms with Gasteiger partial charge in [-0.15, -0.1) is 0 Å². The van der Waals surface area contributed by atoms with E-state index in [1.165, 1.54) is 0 Å². The number of pyridine rings is 1. The molecule has 25 heavy (non-hydrogen) atoms. The van der Waals surface area contributed by atoms with Crippen molar-refractivity contribution >= 4 is 5.91 Å². The molecule has 0 radical (unpaired) electrons. The van der Waals surface area contributed by atoms with Crippen molar-refractivity contribution in [2.24, 2.45) is 0 Å². The van der Waals surface area contributed by atoms with Crippen LogP contribution >= 0.6 is 0 Å². The number of aryl methyl sites for hydroxylation is 2. The summed E-state index contributed by atoms with van der Waals surface area (Å²) in [4.78, 5) is 27.5. The summed E-state index contributed by atoms with van der Waals surface area (Å²) in [6.07, 6.45) is 3.53. The molecule has 0 unspecified atom stereocenters. The predicted octanol–water partition coefficient (Wildman–Crippen LogP) is 2.36. The summed E-state index contributed by atoms with van der Waals surface area (Å²) in [5.74, 6) is -0.398. The Morgan fingerprint density at radius 3 is 2.68 bits per heavy atom. The van der Waals surface area contributed by atoms with Crippen LogP contribution in [-0.2, 0) is 6.54 Å². The zero-order valence-corrected chi connectivity index (χ0v) is 14.2. The van der Waals surface area contributed by atoms with Gasteiger partial charge in [0.1, 0.15) is 5.56 Å². The van der Waals surface area contributed by atoms with E-state index in [4.69, 9.17) is 0 Å².